The molecule has 0 aliphatic carbocycles. The van der Waals surface area contributed by atoms with Crippen LogP contribution in [0.4, 0.5) is 0 Å². The van der Waals surface area contributed by atoms with Crippen molar-refractivity contribution in [2.75, 3.05) is 6.61 Å². The Morgan fingerprint density at radius 3 is 2.36 bits per heavy atom. The van der Waals surface area contributed by atoms with Crippen LogP contribution in [0.3, 0.4) is 0 Å². The van der Waals surface area contributed by atoms with Crippen LogP contribution in [0.15, 0.2) is 16.9 Å². The smallest absolute Gasteiger partial charge is 0.356 e. The third-order valence-corrected chi connectivity index (χ3v) is 4.48. The molecule has 1 N–H and O–H groups in total. The lowest BCUT2D eigenvalue weighted by Gasteiger charge is -2.19. The first-order valence-corrected chi connectivity index (χ1v) is 8.95. The van der Waals surface area contributed by atoms with Gasteiger partial charge in [-0.15, -0.1) is 0 Å². The number of carbonyl (C=O) groups is 1. The van der Waals surface area contributed by atoms with Gasteiger partial charge in [-0.3, -0.25) is 9.36 Å². The lowest BCUT2D eigenvalue weighted by molar-refractivity contribution is 0.0677. The maximum atomic E-state index is 12.9. The van der Waals surface area contributed by atoms with Crippen molar-refractivity contribution in [3.8, 4) is 5.75 Å². The Bertz CT molecular complexity index is 859. The number of aromatic nitrogens is 1. The third-order valence-electron chi connectivity index (χ3n) is 3.76. The number of unbranched alkanes of at least 4 members (excludes halogenated alkanes) is 1. The summed E-state index contributed by atoms with van der Waals surface area (Å²) in [6, 6.07) is 2.96. The van der Waals surface area contributed by atoms with E-state index in [1.165, 1.54) is 16.7 Å². The van der Waals surface area contributed by atoms with E-state index in [-0.39, 0.29) is 34.0 Å². The van der Waals surface area contributed by atoms with Gasteiger partial charge in [-0.2, -0.15) is 0 Å². The molecule has 0 saturated carbocycles. The zero-order chi connectivity index (χ0) is 18.7. The molecule has 0 spiro atoms. The number of carboxylic acids is 1. The number of hydrogen-bond acceptors (Lipinski definition) is 3. The Labute approximate surface area is 156 Å². The maximum absolute atomic E-state index is 12.9. The largest absolute Gasteiger partial charge is 0.490 e. The normalized spacial score (nSPS) is 11.3. The molecule has 0 saturated heterocycles. The Balaban J connectivity index is 2.87. The monoisotopic (exact) mass is 385 g/mol. The van der Waals surface area contributed by atoms with Gasteiger partial charge in [0, 0.05) is 11.9 Å². The summed E-state index contributed by atoms with van der Waals surface area (Å²) in [5.41, 5.74) is -0.566. The van der Waals surface area contributed by atoms with Crippen molar-refractivity contribution < 1.29 is 14.6 Å². The molecule has 0 fully saturated rings. The quantitative estimate of drug-likeness (QED) is 0.692. The van der Waals surface area contributed by atoms with E-state index in [4.69, 9.17) is 27.9 Å². The fraction of sp³-hybridized carbons (Fsp3) is 0.444. The highest BCUT2D eigenvalue weighted by atomic mass is 35.5. The number of fused-ring (bicyclic) bond motifs is 1. The van der Waals surface area contributed by atoms with Crippen LogP contribution in [-0.2, 0) is 6.54 Å². The first-order chi connectivity index (χ1) is 11.8. The van der Waals surface area contributed by atoms with Crippen molar-refractivity contribution in [2.45, 2.75) is 40.2 Å². The molecule has 0 bridgehead atoms. The second-order valence-electron chi connectivity index (χ2n) is 6.31. The number of rotatable bonds is 7. The zero-order valence-corrected chi connectivity index (χ0v) is 15.9. The van der Waals surface area contributed by atoms with Crippen molar-refractivity contribution in [1.29, 1.82) is 0 Å². The standard InChI is InChI=1S/C18H21Cl2NO4/c1-4-5-6-25-16-11-7-13(19)14(20)8-12(11)17(22)21(9-10(2)3)15(16)18(23)24/h7-8,10H,4-6,9H2,1-3H3,(H,23,24). The zero-order valence-electron chi connectivity index (χ0n) is 14.4. The molecule has 0 aliphatic heterocycles. The minimum Gasteiger partial charge on any atom is -0.490 e. The number of nitrogens with zero attached hydrogens (tertiary/aromatic N) is 1. The highest BCUT2D eigenvalue weighted by Crippen LogP contribution is 2.34. The Kier molecular flexibility index (Phi) is 6.36. The van der Waals surface area contributed by atoms with Gasteiger partial charge >= 0.3 is 5.97 Å². The van der Waals surface area contributed by atoms with E-state index in [1.54, 1.807) is 0 Å². The highest BCUT2D eigenvalue weighted by Gasteiger charge is 2.24. The van der Waals surface area contributed by atoms with E-state index in [9.17, 15) is 14.7 Å². The Morgan fingerprint density at radius 1 is 1.24 bits per heavy atom. The molecule has 1 heterocycles. The van der Waals surface area contributed by atoms with Crippen LogP contribution in [0.2, 0.25) is 10.0 Å². The van der Waals surface area contributed by atoms with E-state index >= 15 is 0 Å². The van der Waals surface area contributed by atoms with Crippen molar-refractivity contribution in [2.24, 2.45) is 5.92 Å². The van der Waals surface area contributed by atoms with Crippen molar-refractivity contribution >= 4 is 39.9 Å². The van der Waals surface area contributed by atoms with Gasteiger partial charge in [-0.05, 0) is 24.5 Å². The van der Waals surface area contributed by atoms with E-state index < -0.39 is 11.5 Å². The Morgan fingerprint density at radius 2 is 1.84 bits per heavy atom. The lowest BCUT2D eigenvalue weighted by Crippen LogP contribution is -2.29. The SMILES string of the molecule is CCCCOc1c(C(=O)O)n(CC(C)C)c(=O)c2cc(Cl)c(Cl)cc12. The molecule has 2 rings (SSSR count). The molecule has 0 amide bonds. The van der Waals surface area contributed by atoms with Gasteiger partial charge in [0.1, 0.15) is 0 Å². The minimum atomic E-state index is -1.21. The molecule has 0 atom stereocenters. The summed E-state index contributed by atoms with van der Waals surface area (Å²) >= 11 is 12.1. The van der Waals surface area contributed by atoms with Crippen LogP contribution in [0, 0.1) is 5.92 Å². The number of benzene rings is 1. The Hall–Kier alpha value is -1.72. The summed E-state index contributed by atoms with van der Waals surface area (Å²) in [4.78, 5) is 24.8. The summed E-state index contributed by atoms with van der Waals surface area (Å²) < 4.78 is 7.03. The average molecular weight is 386 g/mol. The summed E-state index contributed by atoms with van der Waals surface area (Å²) in [6.07, 6.45) is 1.67. The summed E-state index contributed by atoms with van der Waals surface area (Å²) in [5, 5.41) is 10.9. The fourth-order valence-electron chi connectivity index (χ4n) is 2.63. The van der Waals surface area contributed by atoms with Crippen molar-refractivity contribution in [3.63, 3.8) is 0 Å². The molecule has 25 heavy (non-hydrogen) atoms. The van der Waals surface area contributed by atoms with Crippen LogP contribution < -0.4 is 10.3 Å². The van der Waals surface area contributed by atoms with Crippen molar-refractivity contribution in [1.82, 2.24) is 4.57 Å². The van der Waals surface area contributed by atoms with Gasteiger partial charge in [0.25, 0.3) is 5.56 Å². The van der Waals surface area contributed by atoms with Gasteiger partial charge in [0.05, 0.1) is 22.0 Å². The van der Waals surface area contributed by atoms with Gasteiger partial charge in [0.2, 0.25) is 0 Å². The van der Waals surface area contributed by atoms with Crippen molar-refractivity contribution in [3.05, 3.63) is 38.2 Å². The number of carboxylic acid groups (broad SMARTS) is 1. The first kappa shape index (κ1) is 19.6. The maximum Gasteiger partial charge on any atom is 0.356 e. The summed E-state index contributed by atoms with van der Waals surface area (Å²) in [6.45, 7) is 6.45. The number of pyridine rings is 1. The van der Waals surface area contributed by atoms with Crippen LogP contribution in [0.25, 0.3) is 10.8 Å². The van der Waals surface area contributed by atoms with Gasteiger partial charge in [-0.25, -0.2) is 4.79 Å². The topological polar surface area (TPSA) is 68.5 Å². The molecular formula is C18H21Cl2NO4. The lowest BCUT2D eigenvalue weighted by atomic mass is 10.1. The van der Waals surface area contributed by atoms with Crippen LogP contribution in [-0.4, -0.2) is 22.2 Å². The second-order valence-corrected chi connectivity index (χ2v) is 7.12. The molecule has 5 nitrogen and oxygen atoms in total. The van der Waals surface area contributed by atoms with Gasteiger partial charge in [0.15, 0.2) is 11.4 Å². The third kappa shape index (κ3) is 4.10. The minimum absolute atomic E-state index is 0.0829. The molecule has 0 unspecified atom stereocenters. The predicted octanol–water partition coefficient (Wildman–Crippen LogP) is 4.84. The number of hydrogen-bond donors (Lipinski definition) is 1. The second kappa shape index (κ2) is 8.11. The molecule has 136 valence electrons. The molecule has 0 radical (unpaired) electrons. The number of halogens is 2. The number of aromatic carboxylic acids is 1. The van der Waals surface area contributed by atoms with E-state index in [1.807, 2.05) is 20.8 Å². The average Bonchev–Trinajstić information content (AvgIpc) is 2.52. The van der Waals surface area contributed by atoms with Crippen LogP contribution in [0.5, 0.6) is 5.75 Å². The highest BCUT2D eigenvalue weighted by molar-refractivity contribution is 6.42. The summed E-state index contributed by atoms with van der Waals surface area (Å²) in [7, 11) is 0. The van der Waals surface area contributed by atoms with E-state index in [2.05, 4.69) is 0 Å². The van der Waals surface area contributed by atoms with Crippen LogP contribution in [0.1, 0.15) is 44.1 Å². The fourth-order valence-corrected chi connectivity index (χ4v) is 2.95. The molecule has 7 heteroatoms. The molecule has 1 aromatic carbocycles. The number of ether oxygens (including phenoxy) is 1. The summed E-state index contributed by atoms with van der Waals surface area (Å²) in [5.74, 6) is -0.966. The molecule has 0 aliphatic rings. The molecule has 1 aromatic heterocycles. The van der Waals surface area contributed by atoms with E-state index in [0.29, 0.717) is 17.4 Å². The predicted molar refractivity (Wildman–Crippen MR) is 100 cm³/mol. The first-order valence-electron chi connectivity index (χ1n) is 8.19. The van der Waals surface area contributed by atoms with Gasteiger partial charge < -0.3 is 9.84 Å². The van der Waals surface area contributed by atoms with Gasteiger partial charge in [-0.1, -0.05) is 50.4 Å². The molecule has 2 aromatic rings. The van der Waals surface area contributed by atoms with E-state index in [0.717, 1.165) is 12.8 Å². The van der Waals surface area contributed by atoms with Crippen LogP contribution >= 0.6 is 23.2 Å². The molecular weight excluding hydrogens is 365 g/mol.